The Morgan fingerprint density at radius 2 is 2.24 bits per heavy atom. The molecule has 1 aliphatic rings. The van der Waals surface area contributed by atoms with Crippen LogP contribution >= 0.6 is 0 Å². The van der Waals surface area contributed by atoms with Crippen molar-refractivity contribution >= 4 is 5.69 Å². The van der Waals surface area contributed by atoms with Crippen LogP contribution in [0.2, 0.25) is 0 Å². The third-order valence-corrected chi connectivity index (χ3v) is 3.53. The van der Waals surface area contributed by atoms with Crippen LogP contribution in [0.15, 0.2) is 24.3 Å². The Hall–Kier alpha value is -1.06. The predicted octanol–water partition coefficient (Wildman–Crippen LogP) is 2.17. The number of rotatable bonds is 5. The normalized spacial score (nSPS) is 24.1. The van der Waals surface area contributed by atoms with E-state index in [1.165, 1.54) is 12.0 Å². The number of nitrogens with two attached hydrogens (primary N) is 1. The molecule has 1 saturated heterocycles. The Morgan fingerprint density at radius 1 is 1.41 bits per heavy atom. The van der Waals surface area contributed by atoms with Gasteiger partial charge in [0.05, 0.1) is 6.10 Å². The summed E-state index contributed by atoms with van der Waals surface area (Å²) in [5.41, 5.74) is 7.95. The number of nitrogen functional groups attached to an aromatic ring is 1. The summed E-state index contributed by atoms with van der Waals surface area (Å²) in [6, 6.07) is 8.02. The summed E-state index contributed by atoms with van der Waals surface area (Å²) in [5.74, 6) is 0.657. The highest BCUT2D eigenvalue weighted by Crippen LogP contribution is 2.22. The summed E-state index contributed by atoms with van der Waals surface area (Å²) in [7, 11) is 0. The molecule has 17 heavy (non-hydrogen) atoms. The van der Waals surface area contributed by atoms with Gasteiger partial charge in [-0.15, -0.1) is 0 Å². The van der Waals surface area contributed by atoms with Gasteiger partial charge in [0.15, 0.2) is 0 Å². The number of ether oxygens (including phenoxy) is 1. The van der Waals surface area contributed by atoms with Crippen LogP contribution in [-0.2, 0) is 11.3 Å². The van der Waals surface area contributed by atoms with E-state index in [0.29, 0.717) is 12.0 Å². The fourth-order valence-electron chi connectivity index (χ4n) is 2.46. The highest BCUT2D eigenvalue weighted by molar-refractivity contribution is 5.46. The van der Waals surface area contributed by atoms with Crippen LogP contribution in [0.5, 0.6) is 0 Å². The fraction of sp³-hybridized carbons (Fsp3) is 0.571. The van der Waals surface area contributed by atoms with Crippen molar-refractivity contribution in [2.45, 2.75) is 32.4 Å². The second-order valence-electron chi connectivity index (χ2n) is 4.70. The third-order valence-electron chi connectivity index (χ3n) is 3.53. The molecule has 0 aromatic heterocycles. The summed E-state index contributed by atoms with van der Waals surface area (Å²) in [6.45, 7) is 4.98. The van der Waals surface area contributed by atoms with Crippen LogP contribution in [0.3, 0.4) is 0 Å². The lowest BCUT2D eigenvalue weighted by atomic mass is 9.99. The average molecular weight is 234 g/mol. The molecule has 0 radical (unpaired) electrons. The molecule has 1 aromatic carbocycles. The van der Waals surface area contributed by atoms with Gasteiger partial charge in [0.1, 0.15) is 0 Å². The van der Waals surface area contributed by atoms with Gasteiger partial charge < -0.3 is 15.8 Å². The molecule has 1 aliphatic heterocycles. The van der Waals surface area contributed by atoms with E-state index in [-0.39, 0.29) is 0 Å². The Labute approximate surface area is 103 Å². The predicted molar refractivity (Wildman–Crippen MR) is 70.7 cm³/mol. The van der Waals surface area contributed by atoms with Crippen LogP contribution < -0.4 is 11.1 Å². The van der Waals surface area contributed by atoms with Gasteiger partial charge in [-0.25, -0.2) is 0 Å². The molecule has 2 unspecified atom stereocenters. The van der Waals surface area contributed by atoms with E-state index < -0.39 is 0 Å². The van der Waals surface area contributed by atoms with Gasteiger partial charge in [0.25, 0.3) is 0 Å². The zero-order chi connectivity index (χ0) is 12.1. The molecule has 1 fully saturated rings. The lowest BCUT2D eigenvalue weighted by Gasteiger charge is -2.17. The number of hydrogen-bond donors (Lipinski definition) is 2. The molecule has 0 aliphatic carbocycles. The van der Waals surface area contributed by atoms with E-state index in [2.05, 4.69) is 18.3 Å². The summed E-state index contributed by atoms with van der Waals surface area (Å²) >= 11 is 0. The van der Waals surface area contributed by atoms with Crippen molar-refractivity contribution in [2.24, 2.45) is 5.92 Å². The molecule has 1 aromatic rings. The van der Waals surface area contributed by atoms with Gasteiger partial charge in [-0.1, -0.05) is 25.1 Å². The lowest BCUT2D eigenvalue weighted by Crippen LogP contribution is -2.28. The SMILES string of the molecule is CCC1OCCC1CNCc1ccccc1N. The monoisotopic (exact) mass is 234 g/mol. The lowest BCUT2D eigenvalue weighted by molar-refractivity contribution is 0.0872. The first kappa shape index (κ1) is 12.4. The molecular formula is C14H22N2O. The molecule has 2 rings (SSSR count). The van der Waals surface area contributed by atoms with Crippen molar-refractivity contribution in [2.75, 3.05) is 18.9 Å². The largest absolute Gasteiger partial charge is 0.398 e. The second-order valence-corrected chi connectivity index (χ2v) is 4.70. The van der Waals surface area contributed by atoms with Crippen molar-refractivity contribution < 1.29 is 4.74 Å². The van der Waals surface area contributed by atoms with Crippen molar-refractivity contribution in [1.29, 1.82) is 0 Å². The molecular weight excluding hydrogens is 212 g/mol. The first-order valence-corrected chi connectivity index (χ1v) is 6.47. The first-order chi connectivity index (χ1) is 8.31. The van der Waals surface area contributed by atoms with Gasteiger partial charge in [-0.05, 0) is 30.4 Å². The van der Waals surface area contributed by atoms with E-state index in [4.69, 9.17) is 10.5 Å². The highest BCUT2D eigenvalue weighted by Gasteiger charge is 2.25. The number of benzene rings is 1. The molecule has 94 valence electrons. The van der Waals surface area contributed by atoms with E-state index in [1.807, 2.05) is 18.2 Å². The number of nitrogens with one attached hydrogen (secondary N) is 1. The second kappa shape index (κ2) is 6.03. The molecule has 3 nitrogen and oxygen atoms in total. The smallest absolute Gasteiger partial charge is 0.0613 e. The summed E-state index contributed by atoms with van der Waals surface area (Å²) in [4.78, 5) is 0. The Balaban J connectivity index is 1.78. The van der Waals surface area contributed by atoms with Crippen molar-refractivity contribution in [3.05, 3.63) is 29.8 Å². The topological polar surface area (TPSA) is 47.3 Å². The molecule has 3 heteroatoms. The van der Waals surface area contributed by atoms with Crippen molar-refractivity contribution in [3.8, 4) is 0 Å². The maximum atomic E-state index is 5.90. The van der Waals surface area contributed by atoms with E-state index in [9.17, 15) is 0 Å². The minimum Gasteiger partial charge on any atom is -0.398 e. The van der Waals surface area contributed by atoms with Crippen LogP contribution in [-0.4, -0.2) is 19.3 Å². The van der Waals surface area contributed by atoms with Crippen LogP contribution in [0.25, 0.3) is 0 Å². The van der Waals surface area contributed by atoms with Crippen LogP contribution in [0.4, 0.5) is 5.69 Å². The summed E-state index contributed by atoms with van der Waals surface area (Å²) < 4.78 is 5.68. The zero-order valence-corrected chi connectivity index (χ0v) is 10.5. The molecule has 0 spiro atoms. The van der Waals surface area contributed by atoms with Gasteiger partial charge in [0.2, 0.25) is 0 Å². The van der Waals surface area contributed by atoms with E-state index >= 15 is 0 Å². The van der Waals surface area contributed by atoms with E-state index in [1.54, 1.807) is 0 Å². The molecule has 0 amide bonds. The van der Waals surface area contributed by atoms with Gasteiger partial charge in [-0.3, -0.25) is 0 Å². The maximum absolute atomic E-state index is 5.90. The number of hydrogen-bond acceptors (Lipinski definition) is 3. The minimum absolute atomic E-state index is 0.440. The first-order valence-electron chi connectivity index (χ1n) is 6.47. The Bertz CT molecular complexity index is 354. The standard InChI is InChI=1S/C14H22N2O/c1-2-14-12(7-8-17-14)10-16-9-11-5-3-4-6-13(11)15/h3-6,12,14,16H,2,7-10,15H2,1H3. The number of anilines is 1. The minimum atomic E-state index is 0.440. The quantitative estimate of drug-likeness (QED) is 0.768. The summed E-state index contributed by atoms with van der Waals surface area (Å²) in [5, 5.41) is 3.49. The Kier molecular flexibility index (Phi) is 4.40. The molecule has 3 N–H and O–H groups in total. The molecule has 1 heterocycles. The van der Waals surface area contributed by atoms with Gasteiger partial charge in [-0.2, -0.15) is 0 Å². The third kappa shape index (κ3) is 3.20. The molecule has 2 atom stereocenters. The van der Waals surface area contributed by atoms with E-state index in [0.717, 1.165) is 31.8 Å². The highest BCUT2D eigenvalue weighted by atomic mass is 16.5. The van der Waals surface area contributed by atoms with Crippen molar-refractivity contribution in [3.63, 3.8) is 0 Å². The van der Waals surface area contributed by atoms with Crippen LogP contribution in [0.1, 0.15) is 25.3 Å². The van der Waals surface area contributed by atoms with Crippen LogP contribution in [0, 0.1) is 5.92 Å². The fourth-order valence-corrected chi connectivity index (χ4v) is 2.46. The van der Waals surface area contributed by atoms with Gasteiger partial charge in [0, 0.05) is 25.4 Å². The number of para-hydroxylation sites is 1. The summed E-state index contributed by atoms with van der Waals surface area (Å²) in [6.07, 6.45) is 2.73. The Morgan fingerprint density at radius 3 is 3.00 bits per heavy atom. The molecule has 0 bridgehead atoms. The zero-order valence-electron chi connectivity index (χ0n) is 10.5. The maximum Gasteiger partial charge on any atom is 0.0613 e. The average Bonchev–Trinajstić information content (AvgIpc) is 2.79. The van der Waals surface area contributed by atoms with Crippen molar-refractivity contribution in [1.82, 2.24) is 5.32 Å². The molecule has 0 saturated carbocycles. The van der Waals surface area contributed by atoms with Gasteiger partial charge >= 0.3 is 0 Å².